The Morgan fingerprint density at radius 2 is 2.17 bits per heavy atom. The van der Waals surface area contributed by atoms with E-state index in [1.165, 1.54) is 18.1 Å². The summed E-state index contributed by atoms with van der Waals surface area (Å²) in [5, 5.41) is 1.43. The molecule has 0 bridgehead atoms. The number of rotatable bonds is 4. The van der Waals surface area contributed by atoms with Gasteiger partial charge in [0.1, 0.15) is 22.1 Å². The first-order valence-corrected chi connectivity index (χ1v) is 6.85. The first-order chi connectivity index (χ1) is 8.72. The highest BCUT2D eigenvalue weighted by molar-refractivity contribution is 9.10. The number of pyridine rings is 1. The SMILES string of the molecule is CCOc1ncnc(Sc2ncccc2Br)c1N. The van der Waals surface area contributed by atoms with Gasteiger partial charge in [-0.2, -0.15) is 4.98 Å². The average molecular weight is 327 g/mol. The predicted octanol–water partition coefficient (Wildman–Crippen LogP) is 2.77. The van der Waals surface area contributed by atoms with Crippen molar-refractivity contribution in [1.82, 2.24) is 15.0 Å². The summed E-state index contributed by atoms with van der Waals surface area (Å²) in [6.45, 7) is 2.39. The van der Waals surface area contributed by atoms with Gasteiger partial charge < -0.3 is 10.5 Å². The van der Waals surface area contributed by atoms with Crippen LogP contribution in [0.5, 0.6) is 5.88 Å². The summed E-state index contributed by atoms with van der Waals surface area (Å²) in [5.74, 6) is 0.405. The molecule has 18 heavy (non-hydrogen) atoms. The topological polar surface area (TPSA) is 73.9 Å². The standard InChI is InChI=1S/C11H11BrN4OS/c1-2-17-9-8(13)11(16-6-15-9)18-10-7(12)4-3-5-14-10/h3-6H,2,13H2,1H3. The van der Waals surface area contributed by atoms with Gasteiger partial charge in [-0.25, -0.2) is 9.97 Å². The van der Waals surface area contributed by atoms with Gasteiger partial charge in [0.25, 0.3) is 0 Å². The molecule has 2 heterocycles. The Kier molecular flexibility index (Phi) is 4.38. The lowest BCUT2D eigenvalue weighted by Crippen LogP contribution is -2.02. The molecule has 94 valence electrons. The largest absolute Gasteiger partial charge is 0.476 e. The van der Waals surface area contributed by atoms with E-state index in [2.05, 4.69) is 30.9 Å². The van der Waals surface area contributed by atoms with Crippen LogP contribution in [-0.2, 0) is 0 Å². The summed E-state index contributed by atoms with van der Waals surface area (Å²) >= 11 is 4.80. The second kappa shape index (κ2) is 6.01. The van der Waals surface area contributed by atoms with Gasteiger partial charge in [0, 0.05) is 6.20 Å². The van der Waals surface area contributed by atoms with Crippen LogP contribution in [0, 0.1) is 0 Å². The fraction of sp³-hybridized carbons (Fsp3) is 0.182. The summed E-state index contributed by atoms with van der Waals surface area (Å²) < 4.78 is 6.22. The van der Waals surface area contributed by atoms with Crippen molar-refractivity contribution in [2.24, 2.45) is 0 Å². The molecule has 5 nitrogen and oxygen atoms in total. The number of halogens is 1. The maximum atomic E-state index is 5.95. The van der Waals surface area contributed by atoms with E-state index in [0.29, 0.717) is 23.2 Å². The van der Waals surface area contributed by atoms with Crippen molar-refractivity contribution >= 4 is 33.4 Å². The Hall–Kier alpha value is -1.34. The van der Waals surface area contributed by atoms with Crippen LogP contribution >= 0.6 is 27.7 Å². The normalized spacial score (nSPS) is 10.3. The summed E-state index contributed by atoms with van der Waals surface area (Å²) in [5.41, 5.74) is 6.39. The molecule has 2 aromatic heterocycles. The third-order valence-corrected chi connectivity index (χ3v) is 3.95. The second-order valence-electron chi connectivity index (χ2n) is 3.22. The summed E-state index contributed by atoms with van der Waals surface area (Å²) in [6.07, 6.45) is 3.15. The van der Waals surface area contributed by atoms with Crippen LogP contribution in [0.3, 0.4) is 0 Å². The summed E-state index contributed by atoms with van der Waals surface area (Å²) in [7, 11) is 0. The van der Waals surface area contributed by atoms with Crippen molar-refractivity contribution in [3.63, 3.8) is 0 Å². The molecule has 2 rings (SSSR count). The molecule has 2 N–H and O–H groups in total. The van der Waals surface area contributed by atoms with Crippen LogP contribution in [0.1, 0.15) is 6.92 Å². The molecule has 0 aliphatic heterocycles. The first-order valence-electron chi connectivity index (χ1n) is 5.24. The van der Waals surface area contributed by atoms with Crippen LogP contribution in [0.4, 0.5) is 5.69 Å². The van der Waals surface area contributed by atoms with E-state index < -0.39 is 0 Å². The van der Waals surface area contributed by atoms with E-state index in [1.54, 1.807) is 6.20 Å². The number of ether oxygens (including phenoxy) is 1. The molecule has 0 spiro atoms. The second-order valence-corrected chi connectivity index (χ2v) is 5.05. The minimum atomic E-state index is 0.405. The highest BCUT2D eigenvalue weighted by Gasteiger charge is 2.12. The van der Waals surface area contributed by atoms with Crippen molar-refractivity contribution in [3.05, 3.63) is 29.1 Å². The lowest BCUT2D eigenvalue weighted by Gasteiger charge is -2.08. The third-order valence-electron chi connectivity index (χ3n) is 2.01. The number of nitrogens with two attached hydrogens (primary N) is 1. The predicted molar refractivity (Wildman–Crippen MR) is 73.7 cm³/mol. The minimum Gasteiger partial charge on any atom is -0.476 e. The quantitative estimate of drug-likeness (QED) is 0.871. The van der Waals surface area contributed by atoms with Gasteiger partial charge >= 0.3 is 0 Å². The van der Waals surface area contributed by atoms with Crippen molar-refractivity contribution in [2.45, 2.75) is 17.0 Å². The molecular weight excluding hydrogens is 316 g/mol. The number of nitrogen functional groups attached to an aromatic ring is 1. The number of aromatic nitrogens is 3. The number of hydrogen-bond donors (Lipinski definition) is 1. The van der Waals surface area contributed by atoms with Gasteiger partial charge in [-0.1, -0.05) is 0 Å². The smallest absolute Gasteiger partial charge is 0.241 e. The van der Waals surface area contributed by atoms with Gasteiger partial charge in [-0.3, -0.25) is 0 Å². The van der Waals surface area contributed by atoms with Gasteiger partial charge in [-0.15, -0.1) is 0 Å². The van der Waals surface area contributed by atoms with Crippen molar-refractivity contribution in [1.29, 1.82) is 0 Å². The van der Waals surface area contributed by atoms with Crippen LogP contribution in [0.15, 0.2) is 39.2 Å². The maximum absolute atomic E-state index is 5.95. The fourth-order valence-corrected chi connectivity index (χ4v) is 2.49. The van der Waals surface area contributed by atoms with E-state index in [1.807, 2.05) is 19.1 Å². The molecule has 0 atom stereocenters. The third kappa shape index (κ3) is 2.91. The van der Waals surface area contributed by atoms with E-state index >= 15 is 0 Å². The van der Waals surface area contributed by atoms with E-state index in [4.69, 9.17) is 10.5 Å². The Morgan fingerprint density at radius 3 is 2.89 bits per heavy atom. The molecule has 0 aromatic carbocycles. The van der Waals surface area contributed by atoms with Crippen molar-refractivity contribution in [3.8, 4) is 5.88 Å². The minimum absolute atomic E-state index is 0.405. The van der Waals surface area contributed by atoms with Gasteiger partial charge in [0.15, 0.2) is 0 Å². The Bertz CT molecular complexity index is 552. The lowest BCUT2D eigenvalue weighted by atomic mass is 10.5. The molecule has 0 fully saturated rings. The first kappa shape index (κ1) is 13.1. The number of anilines is 1. The van der Waals surface area contributed by atoms with Gasteiger partial charge in [-0.05, 0) is 46.7 Å². The molecule has 0 saturated heterocycles. The van der Waals surface area contributed by atoms with Crippen molar-refractivity contribution in [2.75, 3.05) is 12.3 Å². The van der Waals surface area contributed by atoms with Gasteiger partial charge in [0.2, 0.25) is 5.88 Å². The molecule has 2 aromatic rings. The summed E-state index contributed by atoms with van der Waals surface area (Å²) in [6, 6.07) is 3.76. The summed E-state index contributed by atoms with van der Waals surface area (Å²) in [4.78, 5) is 12.4. The van der Waals surface area contributed by atoms with E-state index in [9.17, 15) is 0 Å². The fourth-order valence-electron chi connectivity index (χ4n) is 1.24. The van der Waals surface area contributed by atoms with E-state index in [0.717, 1.165) is 9.50 Å². The maximum Gasteiger partial charge on any atom is 0.241 e. The lowest BCUT2D eigenvalue weighted by molar-refractivity contribution is 0.327. The Balaban J connectivity index is 2.30. The monoisotopic (exact) mass is 326 g/mol. The molecule has 0 unspecified atom stereocenters. The zero-order valence-corrected chi connectivity index (χ0v) is 12.0. The number of nitrogens with zero attached hydrogens (tertiary/aromatic N) is 3. The molecule has 0 aliphatic rings. The Labute approximate surface area is 117 Å². The molecule has 0 radical (unpaired) electrons. The van der Waals surface area contributed by atoms with Gasteiger partial charge in [0.05, 0.1) is 11.1 Å². The molecule has 0 saturated carbocycles. The molecule has 0 amide bonds. The highest BCUT2D eigenvalue weighted by atomic mass is 79.9. The van der Waals surface area contributed by atoms with E-state index in [-0.39, 0.29) is 0 Å². The highest BCUT2D eigenvalue weighted by Crippen LogP contribution is 2.35. The van der Waals surface area contributed by atoms with Crippen LogP contribution in [0.25, 0.3) is 0 Å². The zero-order chi connectivity index (χ0) is 13.0. The van der Waals surface area contributed by atoms with Crippen LogP contribution < -0.4 is 10.5 Å². The molecule has 7 heteroatoms. The molecule has 0 aliphatic carbocycles. The van der Waals surface area contributed by atoms with Crippen molar-refractivity contribution < 1.29 is 4.74 Å². The zero-order valence-electron chi connectivity index (χ0n) is 9.63. The van der Waals surface area contributed by atoms with Crippen LogP contribution in [-0.4, -0.2) is 21.6 Å². The number of hydrogen-bond acceptors (Lipinski definition) is 6. The molecular formula is C11H11BrN4OS. The Morgan fingerprint density at radius 1 is 1.33 bits per heavy atom. The average Bonchev–Trinajstić information content (AvgIpc) is 2.37. The van der Waals surface area contributed by atoms with Crippen LogP contribution in [0.2, 0.25) is 0 Å².